The molecule has 0 atom stereocenters. The first-order valence-electron chi connectivity index (χ1n) is 9.45. The van der Waals surface area contributed by atoms with Gasteiger partial charge in [0.2, 0.25) is 5.95 Å². The van der Waals surface area contributed by atoms with E-state index in [2.05, 4.69) is 23.4 Å². The first-order valence-corrected chi connectivity index (χ1v) is 10.2. The van der Waals surface area contributed by atoms with E-state index >= 15 is 0 Å². The summed E-state index contributed by atoms with van der Waals surface area (Å²) >= 11 is 12.6. The summed E-state index contributed by atoms with van der Waals surface area (Å²) in [6.45, 7) is 5.44. The zero-order valence-corrected chi connectivity index (χ0v) is 17.4. The lowest BCUT2D eigenvalue weighted by atomic mass is 9.93. The maximum absolute atomic E-state index is 12.9. The van der Waals surface area contributed by atoms with Crippen LogP contribution in [0.5, 0.6) is 0 Å². The van der Waals surface area contributed by atoms with Crippen LogP contribution in [0.3, 0.4) is 0 Å². The van der Waals surface area contributed by atoms with Crippen molar-refractivity contribution in [3.05, 3.63) is 45.6 Å². The number of rotatable bonds is 4. The van der Waals surface area contributed by atoms with Gasteiger partial charge in [0.05, 0.1) is 21.1 Å². The molecule has 154 valence electrons. The molecule has 0 spiro atoms. The zero-order valence-electron chi connectivity index (χ0n) is 15.9. The second-order valence-corrected chi connectivity index (χ2v) is 7.90. The van der Waals surface area contributed by atoms with E-state index in [9.17, 15) is 13.2 Å². The van der Waals surface area contributed by atoms with Gasteiger partial charge in [-0.2, -0.15) is 13.2 Å². The minimum atomic E-state index is -4.49. The molecule has 3 heterocycles. The molecule has 0 saturated heterocycles. The summed E-state index contributed by atoms with van der Waals surface area (Å²) in [4.78, 5) is 10.5. The van der Waals surface area contributed by atoms with Crippen LogP contribution in [0.1, 0.15) is 43.7 Å². The molecule has 1 aromatic carbocycles. The molecular formula is C20H19Cl2F3N4. The van der Waals surface area contributed by atoms with Crippen molar-refractivity contribution in [2.24, 2.45) is 0 Å². The van der Waals surface area contributed by atoms with Gasteiger partial charge >= 0.3 is 6.18 Å². The molecule has 1 aliphatic rings. The molecule has 0 unspecified atom stereocenters. The van der Waals surface area contributed by atoms with Gasteiger partial charge in [0.25, 0.3) is 0 Å². The normalized spacial score (nSPS) is 14.3. The van der Waals surface area contributed by atoms with E-state index in [1.807, 2.05) is 12.1 Å². The predicted molar refractivity (Wildman–Crippen MR) is 109 cm³/mol. The summed E-state index contributed by atoms with van der Waals surface area (Å²) in [6, 6.07) is 4.80. The molecule has 3 aromatic rings. The van der Waals surface area contributed by atoms with E-state index in [0.717, 1.165) is 30.6 Å². The van der Waals surface area contributed by atoms with E-state index in [-0.39, 0.29) is 10.8 Å². The standard InChI is InChI=1S/C20H19Cl2F3N4/c1-3-11(4-2)13-5-6-14(21)16-17(13)28-7-8-29(19(28)27-16)18-15(22)9-12(10-26-18)20(23,24)25/h5-6,9-11H,3-4,7-8H2,1-2H3. The van der Waals surface area contributed by atoms with Gasteiger partial charge in [0.15, 0.2) is 5.82 Å². The van der Waals surface area contributed by atoms with Crippen molar-refractivity contribution < 1.29 is 13.2 Å². The van der Waals surface area contributed by atoms with Crippen LogP contribution in [-0.4, -0.2) is 21.1 Å². The first-order chi connectivity index (χ1) is 13.8. The van der Waals surface area contributed by atoms with Gasteiger partial charge in [-0.25, -0.2) is 9.97 Å². The summed E-state index contributed by atoms with van der Waals surface area (Å²) in [5.74, 6) is 1.22. The van der Waals surface area contributed by atoms with Crippen molar-refractivity contribution in [2.75, 3.05) is 11.4 Å². The highest BCUT2D eigenvalue weighted by Gasteiger charge is 2.34. The third-order valence-corrected chi connectivity index (χ3v) is 6.06. The lowest BCUT2D eigenvalue weighted by Crippen LogP contribution is -2.17. The number of hydrogen-bond donors (Lipinski definition) is 0. The Hall–Kier alpha value is -1.99. The van der Waals surface area contributed by atoms with Crippen molar-refractivity contribution in [3.63, 3.8) is 0 Å². The topological polar surface area (TPSA) is 34.0 Å². The molecule has 0 fully saturated rings. The van der Waals surface area contributed by atoms with E-state index in [1.54, 1.807) is 4.90 Å². The molecule has 0 saturated carbocycles. The van der Waals surface area contributed by atoms with Crippen LogP contribution in [0.15, 0.2) is 24.4 Å². The largest absolute Gasteiger partial charge is 0.417 e. The van der Waals surface area contributed by atoms with Crippen LogP contribution in [0.25, 0.3) is 11.0 Å². The van der Waals surface area contributed by atoms with Gasteiger partial charge < -0.3 is 4.57 Å². The van der Waals surface area contributed by atoms with Crippen molar-refractivity contribution in [3.8, 4) is 0 Å². The minimum absolute atomic E-state index is 0.0633. The summed E-state index contributed by atoms with van der Waals surface area (Å²) in [5.41, 5.74) is 1.98. The fourth-order valence-electron chi connectivity index (χ4n) is 3.98. The number of imidazole rings is 1. The monoisotopic (exact) mass is 442 g/mol. The summed E-state index contributed by atoms with van der Waals surface area (Å²) in [7, 11) is 0. The number of anilines is 2. The van der Waals surface area contributed by atoms with Gasteiger partial charge in [-0.1, -0.05) is 43.1 Å². The van der Waals surface area contributed by atoms with Gasteiger partial charge in [0, 0.05) is 19.3 Å². The Bertz CT molecular complexity index is 1070. The number of benzene rings is 1. The molecule has 1 aliphatic heterocycles. The van der Waals surface area contributed by atoms with Crippen LogP contribution >= 0.6 is 23.2 Å². The van der Waals surface area contributed by atoms with Crippen LogP contribution in [-0.2, 0) is 12.7 Å². The Balaban J connectivity index is 1.84. The summed E-state index contributed by atoms with van der Waals surface area (Å²) < 4.78 is 40.9. The average molecular weight is 443 g/mol. The minimum Gasteiger partial charge on any atom is -0.308 e. The molecular weight excluding hydrogens is 424 g/mol. The summed E-state index contributed by atoms with van der Waals surface area (Å²) in [5, 5.41) is 0.481. The lowest BCUT2D eigenvalue weighted by molar-refractivity contribution is -0.137. The Morgan fingerprint density at radius 2 is 1.83 bits per heavy atom. The summed E-state index contributed by atoms with van der Waals surface area (Å²) in [6.07, 6.45) is -1.71. The smallest absolute Gasteiger partial charge is 0.308 e. The highest BCUT2D eigenvalue weighted by Crippen LogP contribution is 2.41. The Kier molecular flexibility index (Phi) is 5.15. The molecule has 9 heteroatoms. The second-order valence-electron chi connectivity index (χ2n) is 7.09. The van der Waals surface area contributed by atoms with Gasteiger partial charge in [-0.15, -0.1) is 0 Å². The number of fused-ring (bicyclic) bond motifs is 3. The molecule has 0 N–H and O–H groups in total. The van der Waals surface area contributed by atoms with Gasteiger partial charge in [-0.3, -0.25) is 4.90 Å². The molecule has 0 aliphatic carbocycles. The Morgan fingerprint density at radius 3 is 2.45 bits per heavy atom. The van der Waals surface area contributed by atoms with Crippen molar-refractivity contribution in [2.45, 2.75) is 45.3 Å². The van der Waals surface area contributed by atoms with Crippen LogP contribution in [0.2, 0.25) is 10.0 Å². The quantitative estimate of drug-likeness (QED) is 0.444. The van der Waals surface area contributed by atoms with E-state index in [4.69, 9.17) is 28.2 Å². The molecule has 0 amide bonds. The number of aromatic nitrogens is 3. The predicted octanol–water partition coefficient (Wildman–Crippen LogP) is 6.81. The molecule has 2 aromatic heterocycles. The molecule has 4 nitrogen and oxygen atoms in total. The maximum Gasteiger partial charge on any atom is 0.417 e. The average Bonchev–Trinajstić information content (AvgIpc) is 3.24. The number of pyridine rings is 1. The third kappa shape index (κ3) is 3.34. The number of nitrogens with zero attached hydrogens (tertiary/aromatic N) is 4. The fraction of sp³-hybridized carbons (Fsp3) is 0.400. The molecule has 29 heavy (non-hydrogen) atoms. The van der Waals surface area contributed by atoms with Crippen LogP contribution < -0.4 is 4.90 Å². The number of alkyl halides is 3. The van der Waals surface area contributed by atoms with Crippen LogP contribution in [0, 0.1) is 0 Å². The van der Waals surface area contributed by atoms with Gasteiger partial charge in [0.1, 0.15) is 5.52 Å². The number of halogens is 5. The fourth-order valence-corrected chi connectivity index (χ4v) is 4.44. The number of hydrogen-bond acceptors (Lipinski definition) is 3. The van der Waals surface area contributed by atoms with E-state index in [1.165, 1.54) is 5.56 Å². The highest BCUT2D eigenvalue weighted by molar-refractivity contribution is 6.35. The second kappa shape index (κ2) is 7.36. The van der Waals surface area contributed by atoms with Crippen molar-refractivity contribution in [1.82, 2.24) is 14.5 Å². The first kappa shape index (κ1) is 20.3. The van der Waals surface area contributed by atoms with Crippen LogP contribution in [0.4, 0.5) is 24.9 Å². The zero-order chi connectivity index (χ0) is 20.9. The molecule has 4 rings (SSSR count). The third-order valence-electron chi connectivity index (χ3n) is 5.48. The molecule has 0 radical (unpaired) electrons. The Morgan fingerprint density at radius 1 is 1.10 bits per heavy atom. The van der Waals surface area contributed by atoms with Crippen molar-refractivity contribution in [1.29, 1.82) is 0 Å². The van der Waals surface area contributed by atoms with Gasteiger partial charge in [-0.05, 0) is 36.5 Å². The lowest BCUT2D eigenvalue weighted by Gasteiger charge is -2.17. The Labute approximate surface area is 176 Å². The highest BCUT2D eigenvalue weighted by atomic mass is 35.5. The maximum atomic E-state index is 12.9. The molecule has 0 bridgehead atoms. The van der Waals surface area contributed by atoms with Crippen molar-refractivity contribution >= 4 is 46.0 Å². The SMILES string of the molecule is CCC(CC)c1ccc(Cl)c2nc3n(c12)CCN3c1ncc(C(F)(F)F)cc1Cl. The van der Waals surface area contributed by atoms with E-state index in [0.29, 0.717) is 35.5 Å². The van der Waals surface area contributed by atoms with E-state index < -0.39 is 11.7 Å².